The second-order valence-corrected chi connectivity index (χ2v) is 9.58. The van der Waals surface area contributed by atoms with Gasteiger partial charge in [0.25, 0.3) is 0 Å². The molecule has 4 aromatic carbocycles. The Morgan fingerprint density at radius 3 is 2.26 bits per heavy atom. The van der Waals surface area contributed by atoms with Crippen molar-refractivity contribution in [3.8, 4) is 11.5 Å². The molecule has 0 saturated carbocycles. The number of anilines is 2. The second kappa shape index (κ2) is 9.08. The van der Waals surface area contributed by atoms with E-state index in [4.69, 9.17) is 9.47 Å². The van der Waals surface area contributed by atoms with E-state index in [9.17, 15) is 18.0 Å². The van der Waals surface area contributed by atoms with E-state index in [1.807, 2.05) is 74.5 Å². The van der Waals surface area contributed by atoms with Crippen LogP contribution in [0.4, 0.5) is 24.5 Å². The lowest BCUT2D eigenvalue weighted by atomic mass is 9.77. The fourth-order valence-corrected chi connectivity index (χ4v) is 5.55. The molecule has 0 aromatic heterocycles. The van der Waals surface area contributed by atoms with Crippen molar-refractivity contribution in [1.82, 2.24) is 0 Å². The third-order valence-corrected chi connectivity index (χ3v) is 7.33. The summed E-state index contributed by atoms with van der Waals surface area (Å²) in [5, 5.41) is 3.28. The predicted octanol–water partition coefficient (Wildman–Crippen LogP) is 7.56. The van der Waals surface area contributed by atoms with Gasteiger partial charge in [-0.1, -0.05) is 36.4 Å². The summed E-state index contributed by atoms with van der Waals surface area (Å²) < 4.78 is 51.4. The molecule has 8 heteroatoms. The summed E-state index contributed by atoms with van der Waals surface area (Å²) in [7, 11) is 0. The smallest absolute Gasteiger partial charge is 0.416 e. The summed E-state index contributed by atoms with van der Waals surface area (Å²) in [4.78, 5) is 15.0. The lowest BCUT2D eigenvalue weighted by molar-refractivity contribution is -0.137. The number of rotatable bonds is 5. The van der Waals surface area contributed by atoms with Gasteiger partial charge in [-0.25, -0.2) is 4.79 Å². The monoisotopic (exact) mass is 530 g/mol. The fourth-order valence-electron chi connectivity index (χ4n) is 5.55. The Bertz CT molecular complexity index is 1570. The molecule has 39 heavy (non-hydrogen) atoms. The summed E-state index contributed by atoms with van der Waals surface area (Å²) in [5.74, 6) is 0.781. The van der Waals surface area contributed by atoms with Crippen molar-refractivity contribution < 1.29 is 27.4 Å². The molecule has 5 nitrogen and oxygen atoms in total. The van der Waals surface area contributed by atoms with Gasteiger partial charge >= 0.3 is 12.1 Å². The highest BCUT2D eigenvalue weighted by molar-refractivity contribution is 5.97. The van der Waals surface area contributed by atoms with E-state index in [1.165, 1.54) is 12.1 Å². The molecule has 6 rings (SSSR count). The number of carbonyl (C=O) groups is 1. The Morgan fingerprint density at radius 1 is 0.872 bits per heavy atom. The van der Waals surface area contributed by atoms with Crippen LogP contribution in [0.1, 0.15) is 46.5 Å². The second-order valence-electron chi connectivity index (χ2n) is 9.58. The maximum absolute atomic E-state index is 13.0. The largest absolute Gasteiger partial charge is 0.456 e. The zero-order valence-corrected chi connectivity index (χ0v) is 21.3. The third kappa shape index (κ3) is 3.98. The molecule has 1 N–H and O–H groups in total. The molecule has 2 aliphatic heterocycles. The van der Waals surface area contributed by atoms with Crippen LogP contribution in [0.3, 0.4) is 0 Å². The molecule has 1 spiro atoms. The van der Waals surface area contributed by atoms with Crippen molar-refractivity contribution in [1.29, 1.82) is 0 Å². The number of nitrogens with zero attached hydrogens (tertiary/aromatic N) is 1. The van der Waals surface area contributed by atoms with Crippen LogP contribution in [0.2, 0.25) is 0 Å². The minimum atomic E-state index is -4.38. The van der Waals surface area contributed by atoms with E-state index < -0.39 is 17.3 Å². The number of para-hydroxylation sites is 1. The summed E-state index contributed by atoms with van der Waals surface area (Å²) >= 11 is 0. The van der Waals surface area contributed by atoms with E-state index in [-0.39, 0.29) is 12.1 Å². The van der Waals surface area contributed by atoms with Gasteiger partial charge in [0.2, 0.25) is 0 Å². The van der Waals surface area contributed by atoms with Crippen LogP contribution in [0.25, 0.3) is 0 Å². The molecule has 2 unspecified atom stereocenters. The molecule has 0 saturated heterocycles. The maximum atomic E-state index is 13.0. The minimum Gasteiger partial charge on any atom is -0.456 e. The van der Waals surface area contributed by atoms with E-state index in [2.05, 4.69) is 10.2 Å². The first-order valence-corrected chi connectivity index (χ1v) is 12.7. The van der Waals surface area contributed by atoms with Crippen molar-refractivity contribution in [3.05, 3.63) is 119 Å². The molecule has 198 valence electrons. The van der Waals surface area contributed by atoms with Gasteiger partial charge in [-0.05, 0) is 62.4 Å². The number of esters is 1. The van der Waals surface area contributed by atoms with Gasteiger partial charge in [-0.15, -0.1) is 0 Å². The summed E-state index contributed by atoms with van der Waals surface area (Å²) in [5.41, 5.74) is 2.37. The molecular formula is C31H25F3N2O3. The Morgan fingerprint density at radius 2 is 1.54 bits per heavy atom. The van der Waals surface area contributed by atoms with Crippen molar-refractivity contribution in [3.63, 3.8) is 0 Å². The molecule has 0 amide bonds. The number of carbonyl (C=O) groups excluding carboxylic acids is 1. The van der Waals surface area contributed by atoms with Crippen LogP contribution in [-0.4, -0.2) is 18.7 Å². The van der Waals surface area contributed by atoms with Crippen LogP contribution in [-0.2, 0) is 16.5 Å². The van der Waals surface area contributed by atoms with Gasteiger partial charge in [0.1, 0.15) is 11.5 Å². The van der Waals surface area contributed by atoms with Crippen LogP contribution < -0.4 is 15.0 Å². The number of ether oxygens (including phenoxy) is 2. The average molecular weight is 531 g/mol. The molecule has 0 bridgehead atoms. The van der Waals surface area contributed by atoms with Gasteiger partial charge < -0.3 is 19.7 Å². The van der Waals surface area contributed by atoms with Gasteiger partial charge in [-0.3, -0.25) is 0 Å². The standard InChI is InChI=1S/C31H25F3N2O3/c1-3-36(19(2)35-21-14-12-20(13-15-21)31(32,33)34)22-16-17-26-28(18-22)38-27-11-7-6-10-25(27)30(26)24-9-5-4-8-23(24)29(37)39-30/h4-19,35H,3H2,1-2H3. The number of hydrogen-bond acceptors (Lipinski definition) is 5. The number of alkyl halides is 3. The zero-order chi connectivity index (χ0) is 27.4. The molecular weight excluding hydrogens is 505 g/mol. The summed E-state index contributed by atoms with van der Waals surface area (Å²) in [6.45, 7) is 4.55. The lowest BCUT2D eigenvalue weighted by Crippen LogP contribution is -2.39. The molecule has 4 aromatic rings. The molecule has 0 aliphatic carbocycles. The highest BCUT2D eigenvalue weighted by Crippen LogP contribution is 2.56. The first kappa shape index (κ1) is 24.9. The van der Waals surface area contributed by atoms with E-state index in [0.717, 1.165) is 34.5 Å². The number of hydrogen-bond donors (Lipinski definition) is 1. The van der Waals surface area contributed by atoms with Crippen LogP contribution in [0.15, 0.2) is 91.0 Å². The van der Waals surface area contributed by atoms with Crippen LogP contribution in [0.5, 0.6) is 11.5 Å². The Labute approximate surface area is 223 Å². The van der Waals surface area contributed by atoms with E-state index >= 15 is 0 Å². The summed E-state index contributed by atoms with van der Waals surface area (Å²) in [6.07, 6.45) is -4.63. The van der Waals surface area contributed by atoms with Crippen LogP contribution >= 0.6 is 0 Å². The summed E-state index contributed by atoms with van der Waals surface area (Å²) in [6, 6.07) is 25.7. The van der Waals surface area contributed by atoms with Gasteiger partial charge in [0, 0.05) is 40.7 Å². The quantitative estimate of drug-likeness (QED) is 0.213. The van der Waals surface area contributed by atoms with Crippen LogP contribution in [0, 0.1) is 0 Å². The topological polar surface area (TPSA) is 50.8 Å². The molecule has 0 fully saturated rings. The fraction of sp³-hybridized carbons (Fsp3) is 0.194. The van der Waals surface area contributed by atoms with Gasteiger partial charge in [-0.2, -0.15) is 13.2 Å². The molecule has 2 heterocycles. The Hall–Kier alpha value is -4.46. The lowest BCUT2D eigenvalue weighted by Gasteiger charge is -2.38. The Kier molecular flexibility index (Phi) is 5.79. The van der Waals surface area contributed by atoms with E-state index in [1.54, 1.807) is 6.07 Å². The first-order valence-electron chi connectivity index (χ1n) is 12.7. The third-order valence-electron chi connectivity index (χ3n) is 7.33. The molecule has 2 atom stereocenters. The Balaban J connectivity index is 1.37. The van der Waals surface area contributed by atoms with Crippen molar-refractivity contribution in [2.24, 2.45) is 0 Å². The highest BCUT2D eigenvalue weighted by Gasteiger charge is 2.53. The number of fused-ring (bicyclic) bond motifs is 6. The average Bonchev–Trinajstić information content (AvgIpc) is 3.22. The van der Waals surface area contributed by atoms with Gasteiger partial charge in [0.05, 0.1) is 17.3 Å². The van der Waals surface area contributed by atoms with E-state index in [0.29, 0.717) is 29.3 Å². The minimum absolute atomic E-state index is 0.250. The van der Waals surface area contributed by atoms with Crippen molar-refractivity contribution in [2.75, 3.05) is 16.8 Å². The SMILES string of the molecule is CCN(c1ccc2c(c1)Oc1ccccc1C21OC(=O)c2ccccc21)C(C)Nc1ccc(C(F)(F)F)cc1. The maximum Gasteiger partial charge on any atom is 0.416 e. The predicted molar refractivity (Wildman–Crippen MR) is 142 cm³/mol. The van der Waals surface area contributed by atoms with Gasteiger partial charge in [0.15, 0.2) is 5.60 Å². The number of nitrogens with one attached hydrogen (secondary N) is 1. The molecule has 0 radical (unpaired) electrons. The normalized spacial score (nSPS) is 17.9. The number of benzene rings is 4. The molecule has 2 aliphatic rings. The van der Waals surface area contributed by atoms with Crippen molar-refractivity contribution >= 4 is 17.3 Å². The zero-order valence-electron chi connectivity index (χ0n) is 21.3. The highest BCUT2D eigenvalue weighted by atomic mass is 19.4. The first-order chi connectivity index (χ1) is 18.7. The number of halogens is 3. The van der Waals surface area contributed by atoms with Crippen molar-refractivity contribution in [2.45, 2.75) is 31.8 Å².